The van der Waals surface area contributed by atoms with Gasteiger partial charge in [0.2, 0.25) is 0 Å². The molecule has 3 aromatic rings. The van der Waals surface area contributed by atoms with Crippen molar-refractivity contribution in [1.29, 1.82) is 0 Å². The molecule has 2 aromatic carbocycles. The highest BCUT2D eigenvalue weighted by Gasteiger charge is 2.26. The average Bonchev–Trinajstić information content (AvgIpc) is 3.15. The van der Waals surface area contributed by atoms with Gasteiger partial charge in [-0.05, 0) is 36.6 Å². The van der Waals surface area contributed by atoms with Crippen LogP contribution in [0.4, 0.5) is 11.5 Å². The quantitative estimate of drug-likeness (QED) is 0.643. The predicted octanol–water partition coefficient (Wildman–Crippen LogP) is 5.12. The first-order valence-corrected chi connectivity index (χ1v) is 9.76. The summed E-state index contributed by atoms with van der Waals surface area (Å²) >= 11 is 5.98. The van der Waals surface area contributed by atoms with Crippen LogP contribution in [0.5, 0.6) is 0 Å². The van der Waals surface area contributed by atoms with E-state index in [0.717, 1.165) is 35.9 Å². The Morgan fingerprint density at radius 3 is 2.81 bits per heavy atom. The van der Waals surface area contributed by atoms with Crippen LogP contribution in [0.15, 0.2) is 54.6 Å². The normalized spacial score (nSPS) is 16.8. The largest absolute Gasteiger partial charge is 0.383 e. The fourth-order valence-electron chi connectivity index (χ4n) is 3.80. The molecule has 1 aliphatic rings. The van der Waals surface area contributed by atoms with Crippen LogP contribution >= 0.6 is 11.6 Å². The molecule has 4 nitrogen and oxygen atoms in total. The zero-order valence-corrected chi connectivity index (χ0v) is 16.2. The third-order valence-corrected chi connectivity index (χ3v) is 5.38. The van der Waals surface area contributed by atoms with E-state index in [1.54, 1.807) is 7.11 Å². The number of benzene rings is 2. The third-order valence-electron chi connectivity index (χ3n) is 5.13. The SMILES string of the molecule is COC[C@@H]1CCCN1c1cc(NCc2ccc(Cl)cc2)nc2ccccc12. The van der Waals surface area contributed by atoms with E-state index in [4.69, 9.17) is 21.3 Å². The molecule has 140 valence electrons. The van der Waals surface area contributed by atoms with E-state index in [1.165, 1.54) is 23.1 Å². The molecule has 0 bridgehead atoms. The second-order valence-corrected chi connectivity index (χ2v) is 7.41. The number of hydrogen-bond donors (Lipinski definition) is 1. The van der Waals surface area contributed by atoms with Crippen molar-refractivity contribution in [3.63, 3.8) is 0 Å². The number of methoxy groups -OCH3 is 1. The zero-order valence-electron chi connectivity index (χ0n) is 15.5. The Morgan fingerprint density at radius 2 is 2.00 bits per heavy atom. The molecule has 1 aliphatic heterocycles. The minimum absolute atomic E-state index is 0.421. The first-order valence-electron chi connectivity index (χ1n) is 9.38. The molecule has 5 heteroatoms. The predicted molar refractivity (Wildman–Crippen MR) is 113 cm³/mol. The monoisotopic (exact) mass is 381 g/mol. The van der Waals surface area contributed by atoms with E-state index in [0.29, 0.717) is 12.6 Å². The number of ether oxygens (including phenoxy) is 1. The van der Waals surface area contributed by atoms with E-state index >= 15 is 0 Å². The lowest BCUT2D eigenvalue weighted by Crippen LogP contribution is -2.33. The van der Waals surface area contributed by atoms with Crippen LogP contribution in [-0.2, 0) is 11.3 Å². The highest BCUT2D eigenvalue weighted by atomic mass is 35.5. The molecule has 0 saturated carbocycles. The number of rotatable bonds is 6. The number of halogens is 1. The molecule has 1 saturated heterocycles. The molecular formula is C22H24ClN3O. The van der Waals surface area contributed by atoms with Crippen molar-refractivity contribution in [3.8, 4) is 0 Å². The van der Waals surface area contributed by atoms with Crippen LogP contribution in [0.1, 0.15) is 18.4 Å². The van der Waals surface area contributed by atoms with E-state index < -0.39 is 0 Å². The lowest BCUT2D eigenvalue weighted by Gasteiger charge is -2.28. The summed E-state index contributed by atoms with van der Waals surface area (Å²) in [4.78, 5) is 7.29. The lowest BCUT2D eigenvalue weighted by molar-refractivity contribution is 0.181. The highest BCUT2D eigenvalue weighted by Crippen LogP contribution is 2.33. The van der Waals surface area contributed by atoms with E-state index in [1.807, 2.05) is 30.3 Å². The maximum Gasteiger partial charge on any atom is 0.129 e. The Hall–Kier alpha value is -2.30. The van der Waals surface area contributed by atoms with Crippen molar-refractivity contribution in [2.24, 2.45) is 0 Å². The molecule has 2 heterocycles. The van der Waals surface area contributed by atoms with Crippen molar-refractivity contribution in [2.75, 3.05) is 30.5 Å². The number of nitrogens with zero attached hydrogens (tertiary/aromatic N) is 2. The van der Waals surface area contributed by atoms with Gasteiger partial charge < -0.3 is 15.0 Å². The summed E-state index contributed by atoms with van der Waals surface area (Å²) in [5.74, 6) is 0.890. The molecule has 0 radical (unpaired) electrons. The second kappa shape index (κ2) is 8.15. The average molecular weight is 382 g/mol. The zero-order chi connectivity index (χ0) is 18.6. The summed E-state index contributed by atoms with van der Waals surface area (Å²) in [5.41, 5.74) is 3.42. The van der Waals surface area contributed by atoms with Gasteiger partial charge in [-0.15, -0.1) is 0 Å². The molecule has 4 rings (SSSR count). The molecule has 0 unspecified atom stereocenters. The number of hydrogen-bond acceptors (Lipinski definition) is 4. The minimum atomic E-state index is 0.421. The van der Waals surface area contributed by atoms with Crippen molar-refractivity contribution in [3.05, 3.63) is 65.2 Å². The van der Waals surface area contributed by atoms with Gasteiger partial charge in [0, 0.05) is 36.7 Å². The van der Waals surface area contributed by atoms with Crippen LogP contribution < -0.4 is 10.2 Å². The highest BCUT2D eigenvalue weighted by molar-refractivity contribution is 6.30. The number of pyridine rings is 1. The summed E-state index contributed by atoms with van der Waals surface area (Å²) < 4.78 is 5.45. The molecule has 0 spiro atoms. The van der Waals surface area contributed by atoms with E-state index in [-0.39, 0.29) is 0 Å². The van der Waals surface area contributed by atoms with Crippen LogP contribution in [0.2, 0.25) is 5.02 Å². The minimum Gasteiger partial charge on any atom is -0.383 e. The van der Waals surface area contributed by atoms with Gasteiger partial charge in [0.05, 0.1) is 23.9 Å². The summed E-state index contributed by atoms with van der Waals surface area (Å²) in [6, 6.07) is 18.8. The first kappa shape index (κ1) is 18.1. The fourth-order valence-corrected chi connectivity index (χ4v) is 3.92. The van der Waals surface area contributed by atoms with Gasteiger partial charge >= 0.3 is 0 Å². The molecule has 27 heavy (non-hydrogen) atoms. The number of fused-ring (bicyclic) bond motifs is 1. The van der Waals surface area contributed by atoms with E-state index in [9.17, 15) is 0 Å². The summed E-state index contributed by atoms with van der Waals surface area (Å²) in [7, 11) is 1.78. The van der Waals surface area contributed by atoms with Gasteiger partial charge in [0.1, 0.15) is 5.82 Å². The van der Waals surface area contributed by atoms with Gasteiger partial charge in [-0.1, -0.05) is 41.9 Å². The smallest absolute Gasteiger partial charge is 0.129 e. The number of anilines is 2. The Balaban J connectivity index is 1.64. The molecule has 1 atom stereocenters. The Bertz CT molecular complexity index is 913. The summed E-state index contributed by atoms with van der Waals surface area (Å²) in [6.07, 6.45) is 2.36. The van der Waals surface area contributed by atoms with Crippen molar-refractivity contribution in [1.82, 2.24) is 4.98 Å². The van der Waals surface area contributed by atoms with Crippen LogP contribution in [0.25, 0.3) is 10.9 Å². The van der Waals surface area contributed by atoms with Crippen molar-refractivity contribution >= 4 is 34.0 Å². The van der Waals surface area contributed by atoms with Crippen molar-refractivity contribution in [2.45, 2.75) is 25.4 Å². The van der Waals surface area contributed by atoms with Gasteiger partial charge in [-0.2, -0.15) is 0 Å². The van der Waals surface area contributed by atoms with Crippen molar-refractivity contribution < 1.29 is 4.74 Å². The van der Waals surface area contributed by atoms with Crippen LogP contribution in [0.3, 0.4) is 0 Å². The maximum absolute atomic E-state index is 5.98. The van der Waals surface area contributed by atoms with E-state index in [2.05, 4.69) is 34.5 Å². The molecule has 1 fully saturated rings. The topological polar surface area (TPSA) is 37.4 Å². The Kier molecular flexibility index (Phi) is 5.46. The van der Waals surface area contributed by atoms with Gasteiger partial charge in [-0.25, -0.2) is 4.98 Å². The number of aromatic nitrogens is 1. The first-order chi connectivity index (χ1) is 13.2. The molecular weight excluding hydrogens is 358 g/mol. The summed E-state index contributed by atoms with van der Waals surface area (Å²) in [5, 5.41) is 5.42. The summed E-state index contributed by atoms with van der Waals surface area (Å²) in [6.45, 7) is 2.52. The number of nitrogens with one attached hydrogen (secondary N) is 1. The lowest BCUT2D eigenvalue weighted by atomic mass is 10.1. The maximum atomic E-state index is 5.98. The molecule has 0 aliphatic carbocycles. The third kappa shape index (κ3) is 4.02. The Labute approximate surface area is 165 Å². The molecule has 0 amide bonds. The molecule has 1 aromatic heterocycles. The molecule has 1 N–H and O–H groups in total. The van der Waals surface area contributed by atoms with Crippen LogP contribution in [0, 0.1) is 0 Å². The standard InChI is InChI=1S/C22H24ClN3O/c1-27-15-18-5-4-12-26(18)21-13-22(25-20-7-3-2-6-19(20)21)24-14-16-8-10-17(23)11-9-16/h2-3,6-11,13,18H,4-5,12,14-15H2,1H3,(H,24,25)/t18-/m0/s1. The van der Waals surface area contributed by atoms with Gasteiger partial charge in [0.15, 0.2) is 0 Å². The second-order valence-electron chi connectivity index (χ2n) is 6.97. The van der Waals surface area contributed by atoms with Crippen LogP contribution in [-0.4, -0.2) is 31.3 Å². The Morgan fingerprint density at radius 1 is 1.19 bits per heavy atom. The van der Waals surface area contributed by atoms with Gasteiger partial charge in [0.25, 0.3) is 0 Å². The number of para-hydroxylation sites is 1. The van der Waals surface area contributed by atoms with Gasteiger partial charge in [-0.3, -0.25) is 0 Å². The fraction of sp³-hybridized carbons (Fsp3) is 0.318.